The van der Waals surface area contributed by atoms with E-state index in [-0.39, 0.29) is 24.0 Å². The van der Waals surface area contributed by atoms with Crippen molar-refractivity contribution in [2.24, 2.45) is 12.0 Å². The molecule has 7 nitrogen and oxygen atoms in total. The second-order valence-corrected chi connectivity index (χ2v) is 5.99. The van der Waals surface area contributed by atoms with Crippen LogP contribution in [0.2, 0.25) is 0 Å². The summed E-state index contributed by atoms with van der Waals surface area (Å²) in [5.41, 5.74) is 2.40. The number of hydrogen-bond acceptors (Lipinski definition) is 4. The third-order valence-electron chi connectivity index (χ3n) is 4.35. The van der Waals surface area contributed by atoms with Crippen molar-refractivity contribution in [3.8, 4) is 5.88 Å². The van der Waals surface area contributed by atoms with E-state index in [1.54, 1.807) is 7.11 Å². The van der Waals surface area contributed by atoms with Gasteiger partial charge in [-0.1, -0.05) is 6.07 Å². The van der Waals surface area contributed by atoms with E-state index in [4.69, 9.17) is 4.74 Å². The van der Waals surface area contributed by atoms with Crippen molar-refractivity contribution >= 4 is 29.9 Å². The van der Waals surface area contributed by atoms with Gasteiger partial charge in [0, 0.05) is 58.1 Å². The van der Waals surface area contributed by atoms with Gasteiger partial charge in [0.2, 0.25) is 5.88 Å². The van der Waals surface area contributed by atoms with Gasteiger partial charge < -0.3 is 15.0 Å². The van der Waals surface area contributed by atoms with Gasteiger partial charge in [-0.05, 0) is 17.5 Å². The molecule has 25 heavy (non-hydrogen) atoms. The molecule has 0 spiro atoms. The quantitative estimate of drug-likeness (QED) is 0.433. The highest BCUT2D eigenvalue weighted by molar-refractivity contribution is 14.0. The SMILES string of the molecule is CN=C(NCc1ccc(OC)nc1)N1CCC(c2cnn(C)c2)C1.I. The van der Waals surface area contributed by atoms with E-state index >= 15 is 0 Å². The molecule has 2 aromatic rings. The molecule has 0 aliphatic carbocycles. The summed E-state index contributed by atoms with van der Waals surface area (Å²) in [6, 6.07) is 3.88. The van der Waals surface area contributed by atoms with Crippen molar-refractivity contribution in [2.45, 2.75) is 18.9 Å². The summed E-state index contributed by atoms with van der Waals surface area (Å²) in [6.45, 7) is 2.66. The van der Waals surface area contributed by atoms with Crippen molar-refractivity contribution in [3.05, 3.63) is 41.9 Å². The molecule has 0 saturated carbocycles. The average Bonchev–Trinajstić information content (AvgIpc) is 3.25. The number of rotatable bonds is 4. The highest BCUT2D eigenvalue weighted by Crippen LogP contribution is 2.26. The van der Waals surface area contributed by atoms with Gasteiger partial charge in [-0.3, -0.25) is 9.67 Å². The number of nitrogens with one attached hydrogen (secondary N) is 1. The zero-order valence-corrected chi connectivity index (χ0v) is 17.2. The fourth-order valence-electron chi connectivity index (χ4n) is 3.03. The first-order valence-corrected chi connectivity index (χ1v) is 8.12. The normalized spacial score (nSPS) is 17.3. The summed E-state index contributed by atoms with van der Waals surface area (Å²) < 4.78 is 6.95. The zero-order valence-electron chi connectivity index (χ0n) is 14.8. The number of pyridine rings is 1. The molecule has 1 aliphatic heterocycles. The Bertz CT molecular complexity index is 699. The number of likely N-dealkylation sites (tertiary alicyclic amines) is 1. The zero-order chi connectivity index (χ0) is 16.9. The molecule has 1 fully saturated rings. The Labute approximate surface area is 165 Å². The van der Waals surface area contributed by atoms with E-state index in [0.717, 1.165) is 31.0 Å². The van der Waals surface area contributed by atoms with Crippen molar-refractivity contribution in [1.82, 2.24) is 25.0 Å². The van der Waals surface area contributed by atoms with Crippen LogP contribution in [-0.4, -0.2) is 52.9 Å². The lowest BCUT2D eigenvalue weighted by molar-refractivity contribution is 0.397. The second-order valence-electron chi connectivity index (χ2n) is 5.99. The monoisotopic (exact) mass is 456 g/mol. The van der Waals surface area contributed by atoms with Gasteiger partial charge in [0.15, 0.2) is 5.96 Å². The van der Waals surface area contributed by atoms with E-state index in [0.29, 0.717) is 18.3 Å². The van der Waals surface area contributed by atoms with Crippen molar-refractivity contribution < 1.29 is 4.74 Å². The molecule has 3 rings (SSSR count). The van der Waals surface area contributed by atoms with Gasteiger partial charge in [-0.2, -0.15) is 5.10 Å². The molecule has 0 radical (unpaired) electrons. The van der Waals surface area contributed by atoms with Gasteiger partial charge in [0.05, 0.1) is 13.3 Å². The Morgan fingerprint density at radius 3 is 2.84 bits per heavy atom. The largest absolute Gasteiger partial charge is 0.481 e. The molecule has 0 bridgehead atoms. The Hall–Kier alpha value is -1.84. The third-order valence-corrected chi connectivity index (χ3v) is 4.35. The standard InChI is InChI=1S/C17H24N6O.HI/c1-18-17(20-9-13-4-5-16(24-3)19-8-13)23-7-6-14(12-23)15-10-21-22(2)11-15;/h4-5,8,10-11,14H,6-7,9,12H2,1-3H3,(H,18,20);1H. The summed E-state index contributed by atoms with van der Waals surface area (Å²) in [4.78, 5) is 10.9. The molecular formula is C17H25IN6O. The van der Waals surface area contributed by atoms with Crippen LogP contribution in [0.5, 0.6) is 5.88 Å². The molecule has 1 unspecified atom stereocenters. The van der Waals surface area contributed by atoms with Gasteiger partial charge in [-0.25, -0.2) is 4.98 Å². The Morgan fingerprint density at radius 1 is 1.40 bits per heavy atom. The van der Waals surface area contributed by atoms with Crippen LogP contribution in [0.4, 0.5) is 0 Å². The maximum absolute atomic E-state index is 5.08. The van der Waals surface area contributed by atoms with E-state index in [2.05, 4.69) is 31.5 Å². The summed E-state index contributed by atoms with van der Waals surface area (Å²) in [5.74, 6) is 2.07. The fourth-order valence-corrected chi connectivity index (χ4v) is 3.03. The molecule has 136 valence electrons. The Kier molecular flexibility index (Phi) is 7.03. The molecule has 1 saturated heterocycles. The van der Waals surface area contributed by atoms with E-state index in [9.17, 15) is 0 Å². The molecule has 0 amide bonds. The first-order chi connectivity index (χ1) is 11.7. The summed E-state index contributed by atoms with van der Waals surface area (Å²) in [6.07, 6.45) is 7.01. The number of aliphatic imine (C=N–C) groups is 1. The van der Waals surface area contributed by atoms with Crippen LogP contribution in [0.3, 0.4) is 0 Å². The smallest absolute Gasteiger partial charge is 0.212 e. The number of aromatic nitrogens is 3. The van der Waals surface area contributed by atoms with Crippen LogP contribution in [0, 0.1) is 0 Å². The minimum Gasteiger partial charge on any atom is -0.481 e. The Balaban J connectivity index is 0.00000225. The minimum atomic E-state index is 0. The number of methoxy groups -OCH3 is 1. The topological polar surface area (TPSA) is 67.6 Å². The van der Waals surface area contributed by atoms with Crippen LogP contribution < -0.4 is 10.1 Å². The first-order valence-electron chi connectivity index (χ1n) is 8.12. The molecule has 1 aliphatic rings. The lowest BCUT2D eigenvalue weighted by Crippen LogP contribution is -2.39. The van der Waals surface area contributed by atoms with E-state index in [1.165, 1.54) is 5.56 Å². The van der Waals surface area contributed by atoms with Crippen molar-refractivity contribution in [3.63, 3.8) is 0 Å². The van der Waals surface area contributed by atoms with Gasteiger partial charge in [0.25, 0.3) is 0 Å². The predicted octanol–water partition coefficient (Wildman–Crippen LogP) is 2.01. The molecule has 1 N–H and O–H groups in total. The lowest BCUT2D eigenvalue weighted by Gasteiger charge is -2.21. The molecule has 3 heterocycles. The highest BCUT2D eigenvalue weighted by atomic mass is 127. The molecule has 1 atom stereocenters. The van der Waals surface area contributed by atoms with Crippen LogP contribution in [0.15, 0.2) is 35.7 Å². The first kappa shape index (κ1) is 19.5. The summed E-state index contributed by atoms with van der Waals surface area (Å²) in [7, 11) is 5.40. The van der Waals surface area contributed by atoms with Crippen LogP contribution in [0.1, 0.15) is 23.5 Å². The van der Waals surface area contributed by atoms with Crippen molar-refractivity contribution in [1.29, 1.82) is 0 Å². The number of halogens is 1. The van der Waals surface area contributed by atoms with E-state index in [1.807, 2.05) is 43.3 Å². The maximum Gasteiger partial charge on any atom is 0.212 e. The number of hydrogen-bond donors (Lipinski definition) is 1. The number of nitrogens with zero attached hydrogens (tertiary/aromatic N) is 5. The second kappa shape index (κ2) is 9.02. The Morgan fingerprint density at radius 2 is 2.24 bits per heavy atom. The van der Waals surface area contributed by atoms with Crippen LogP contribution in [0.25, 0.3) is 0 Å². The summed E-state index contributed by atoms with van der Waals surface area (Å²) in [5, 5.41) is 7.69. The highest BCUT2D eigenvalue weighted by Gasteiger charge is 2.26. The predicted molar refractivity (Wildman–Crippen MR) is 109 cm³/mol. The summed E-state index contributed by atoms with van der Waals surface area (Å²) >= 11 is 0. The average molecular weight is 456 g/mol. The van der Waals surface area contributed by atoms with Gasteiger partial charge >= 0.3 is 0 Å². The van der Waals surface area contributed by atoms with Crippen LogP contribution in [-0.2, 0) is 13.6 Å². The molecule has 0 aromatic carbocycles. The maximum atomic E-state index is 5.08. The third kappa shape index (κ3) is 4.83. The molecule has 2 aromatic heterocycles. The van der Waals surface area contributed by atoms with Gasteiger partial charge in [-0.15, -0.1) is 24.0 Å². The number of ether oxygens (including phenoxy) is 1. The number of guanidine groups is 1. The lowest BCUT2D eigenvalue weighted by atomic mass is 10.0. The number of aryl methyl sites for hydroxylation is 1. The van der Waals surface area contributed by atoms with Gasteiger partial charge in [0.1, 0.15) is 0 Å². The fraction of sp³-hybridized carbons (Fsp3) is 0.471. The van der Waals surface area contributed by atoms with Crippen LogP contribution >= 0.6 is 24.0 Å². The van der Waals surface area contributed by atoms with Crippen molar-refractivity contribution in [2.75, 3.05) is 27.2 Å². The molecular weight excluding hydrogens is 431 g/mol. The minimum absolute atomic E-state index is 0. The van der Waals surface area contributed by atoms with E-state index < -0.39 is 0 Å². The molecule has 8 heteroatoms.